The fraction of sp³-hybridized carbons (Fsp3) is 0.182. The Labute approximate surface area is 93.0 Å². The molecule has 0 radical (unpaired) electrons. The van der Waals surface area contributed by atoms with E-state index in [1.807, 2.05) is 13.1 Å². The second kappa shape index (κ2) is 4.14. The van der Waals surface area contributed by atoms with Crippen molar-refractivity contribution in [2.45, 2.75) is 0 Å². The lowest BCUT2D eigenvalue weighted by Crippen LogP contribution is -1.98. The van der Waals surface area contributed by atoms with Crippen molar-refractivity contribution in [3.8, 4) is 0 Å². The zero-order valence-electron chi connectivity index (χ0n) is 9.16. The molecule has 0 bridgehead atoms. The van der Waals surface area contributed by atoms with Gasteiger partial charge in [-0.3, -0.25) is 14.2 Å². The maximum absolute atomic E-state index is 11.7. The summed E-state index contributed by atoms with van der Waals surface area (Å²) in [5, 5.41) is 8.03. The Bertz CT molecular complexity index is 536. The molecule has 0 atom stereocenters. The average Bonchev–Trinajstić information content (AvgIpc) is 2.84. The Morgan fingerprint density at radius 1 is 1.38 bits per heavy atom. The standard InChI is InChI=1S/C11H12N4O/c1-14-8-6-10(13-14)11(16)4-3-9-5-7-12-15(9)2/h3-8H,1-2H3/b4-3+. The summed E-state index contributed by atoms with van der Waals surface area (Å²) in [4.78, 5) is 11.7. The fourth-order valence-corrected chi connectivity index (χ4v) is 1.34. The van der Waals surface area contributed by atoms with Gasteiger partial charge in [0.2, 0.25) is 5.78 Å². The highest BCUT2D eigenvalue weighted by molar-refractivity contribution is 6.05. The van der Waals surface area contributed by atoms with Gasteiger partial charge in [-0.1, -0.05) is 0 Å². The molecule has 2 rings (SSSR count). The summed E-state index contributed by atoms with van der Waals surface area (Å²) in [5.74, 6) is -0.109. The maximum Gasteiger partial charge on any atom is 0.206 e. The third-order valence-electron chi connectivity index (χ3n) is 2.23. The third kappa shape index (κ3) is 2.08. The molecule has 0 saturated carbocycles. The first-order valence-corrected chi connectivity index (χ1v) is 4.87. The SMILES string of the molecule is Cn1ccc(C(=O)/C=C/c2ccnn2C)n1. The fourth-order valence-electron chi connectivity index (χ4n) is 1.34. The van der Waals surface area contributed by atoms with Crippen LogP contribution in [0.2, 0.25) is 0 Å². The second-order valence-electron chi connectivity index (χ2n) is 3.45. The molecule has 5 nitrogen and oxygen atoms in total. The predicted molar refractivity (Wildman–Crippen MR) is 59.8 cm³/mol. The van der Waals surface area contributed by atoms with Gasteiger partial charge in [0.15, 0.2) is 0 Å². The van der Waals surface area contributed by atoms with E-state index in [0.717, 1.165) is 5.69 Å². The number of carbonyl (C=O) groups excluding carboxylic acids is 1. The van der Waals surface area contributed by atoms with E-state index in [1.54, 1.807) is 40.9 Å². The van der Waals surface area contributed by atoms with Crippen LogP contribution in [0.4, 0.5) is 0 Å². The normalized spacial score (nSPS) is 11.1. The molecule has 16 heavy (non-hydrogen) atoms. The molecule has 0 aliphatic heterocycles. The molecule has 0 aliphatic rings. The van der Waals surface area contributed by atoms with Crippen molar-refractivity contribution >= 4 is 11.9 Å². The van der Waals surface area contributed by atoms with Gasteiger partial charge in [0.1, 0.15) is 5.69 Å². The first-order valence-electron chi connectivity index (χ1n) is 4.87. The number of nitrogens with zero attached hydrogens (tertiary/aromatic N) is 4. The lowest BCUT2D eigenvalue weighted by molar-refractivity contribution is 0.104. The maximum atomic E-state index is 11.7. The van der Waals surface area contributed by atoms with Gasteiger partial charge in [-0.25, -0.2) is 0 Å². The first kappa shape index (κ1) is 10.4. The van der Waals surface area contributed by atoms with E-state index in [4.69, 9.17) is 0 Å². The molecule has 2 heterocycles. The van der Waals surface area contributed by atoms with Crippen LogP contribution >= 0.6 is 0 Å². The van der Waals surface area contributed by atoms with Crippen molar-refractivity contribution in [2.24, 2.45) is 14.1 Å². The summed E-state index contributed by atoms with van der Waals surface area (Å²) in [7, 11) is 3.60. The van der Waals surface area contributed by atoms with Crippen LogP contribution in [-0.4, -0.2) is 25.3 Å². The molecular weight excluding hydrogens is 204 g/mol. The summed E-state index contributed by atoms with van der Waals surface area (Å²) in [6.45, 7) is 0. The van der Waals surface area contributed by atoms with Crippen LogP contribution in [-0.2, 0) is 14.1 Å². The summed E-state index contributed by atoms with van der Waals surface area (Å²) >= 11 is 0. The van der Waals surface area contributed by atoms with Crippen molar-refractivity contribution in [1.29, 1.82) is 0 Å². The molecular formula is C11H12N4O. The third-order valence-corrected chi connectivity index (χ3v) is 2.23. The van der Waals surface area contributed by atoms with Gasteiger partial charge in [-0.05, 0) is 24.3 Å². The number of ketones is 1. The Balaban J connectivity index is 2.14. The van der Waals surface area contributed by atoms with Gasteiger partial charge in [-0.2, -0.15) is 10.2 Å². The van der Waals surface area contributed by atoms with E-state index in [1.165, 1.54) is 6.08 Å². The molecule has 0 amide bonds. The first-order chi connectivity index (χ1) is 7.66. The summed E-state index contributed by atoms with van der Waals surface area (Å²) < 4.78 is 3.30. The minimum absolute atomic E-state index is 0.109. The molecule has 0 fully saturated rings. The summed E-state index contributed by atoms with van der Waals surface area (Å²) in [5.41, 5.74) is 1.32. The average molecular weight is 216 g/mol. The minimum atomic E-state index is -0.109. The molecule has 5 heteroatoms. The number of hydrogen-bond acceptors (Lipinski definition) is 3. The van der Waals surface area contributed by atoms with E-state index < -0.39 is 0 Å². The smallest absolute Gasteiger partial charge is 0.206 e. The van der Waals surface area contributed by atoms with Crippen LogP contribution in [0.3, 0.4) is 0 Å². The Morgan fingerprint density at radius 2 is 2.19 bits per heavy atom. The molecule has 0 saturated heterocycles. The van der Waals surface area contributed by atoms with Gasteiger partial charge < -0.3 is 0 Å². The molecule has 0 unspecified atom stereocenters. The van der Waals surface area contributed by atoms with Gasteiger partial charge in [0.25, 0.3) is 0 Å². The topological polar surface area (TPSA) is 52.7 Å². The second-order valence-corrected chi connectivity index (χ2v) is 3.45. The monoisotopic (exact) mass is 216 g/mol. The highest BCUT2D eigenvalue weighted by Crippen LogP contribution is 2.02. The van der Waals surface area contributed by atoms with E-state index in [2.05, 4.69) is 10.2 Å². The predicted octanol–water partition coefficient (Wildman–Crippen LogP) is 1.05. The van der Waals surface area contributed by atoms with Crippen molar-refractivity contribution in [1.82, 2.24) is 19.6 Å². The summed E-state index contributed by atoms with van der Waals surface area (Å²) in [6, 6.07) is 3.53. The van der Waals surface area contributed by atoms with Crippen molar-refractivity contribution in [3.63, 3.8) is 0 Å². The van der Waals surface area contributed by atoms with E-state index in [9.17, 15) is 4.79 Å². The lowest BCUT2D eigenvalue weighted by atomic mass is 10.2. The molecule has 0 aromatic carbocycles. The zero-order valence-corrected chi connectivity index (χ0v) is 9.16. The van der Waals surface area contributed by atoms with Crippen LogP contribution in [0.5, 0.6) is 0 Å². The van der Waals surface area contributed by atoms with Crippen LogP contribution in [0.15, 0.2) is 30.6 Å². The molecule has 2 aromatic rings. The van der Waals surface area contributed by atoms with Crippen molar-refractivity contribution in [3.05, 3.63) is 42.0 Å². The quantitative estimate of drug-likeness (QED) is 0.569. The molecule has 2 aromatic heterocycles. The van der Waals surface area contributed by atoms with Crippen LogP contribution < -0.4 is 0 Å². The number of rotatable bonds is 3. The van der Waals surface area contributed by atoms with Gasteiger partial charge in [-0.15, -0.1) is 0 Å². The Hall–Kier alpha value is -2.17. The Kier molecular flexibility index (Phi) is 2.68. The van der Waals surface area contributed by atoms with Crippen LogP contribution in [0, 0.1) is 0 Å². The molecule has 82 valence electrons. The Morgan fingerprint density at radius 3 is 2.75 bits per heavy atom. The number of carbonyl (C=O) groups is 1. The van der Waals surface area contributed by atoms with E-state index in [0.29, 0.717) is 5.69 Å². The number of allylic oxidation sites excluding steroid dienone is 1. The number of aryl methyl sites for hydroxylation is 2. The van der Waals surface area contributed by atoms with Gasteiger partial charge >= 0.3 is 0 Å². The summed E-state index contributed by atoms with van der Waals surface area (Å²) in [6.07, 6.45) is 6.65. The molecule has 0 aliphatic carbocycles. The molecule has 0 spiro atoms. The van der Waals surface area contributed by atoms with Crippen LogP contribution in [0.1, 0.15) is 16.2 Å². The largest absolute Gasteiger partial charge is 0.287 e. The van der Waals surface area contributed by atoms with E-state index >= 15 is 0 Å². The van der Waals surface area contributed by atoms with Crippen molar-refractivity contribution in [2.75, 3.05) is 0 Å². The van der Waals surface area contributed by atoms with Gasteiger partial charge in [0.05, 0.1) is 5.69 Å². The zero-order chi connectivity index (χ0) is 11.5. The lowest BCUT2D eigenvalue weighted by Gasteiger charge is -1.93. The minimum Gasteiger partial charge on any atom is -0.287 e. The van der Waals surface area contributed by atoms with Crippen molar-refractivity contribution < 1.29 is 4.79 Å². The highest BCUT2D eigenvalue weighted by Gasteiger charge is 2.04. The number of aromatic nitrogens is 4. The van der Waals surface area contributed by atoms with Crippen LogP contribution in [0.25, 0.3) is 6.08 Å². The number of hydrogen-bond donors (Lipinski definition) is 0. The van der Waals surface area contributed by atoms with Gasteiger partial charge in [0, 0.05) is 26.5 Å². The van der Waals surface area contributed by atoms with E-state index in [-0.39, 0.29) is 5.78 Å². The molecule has 0 N–H and O–H groups in total. The highest BCUT2D eigenvalue weighted by atomic mass is 16.1.